The Morgan fingerprint density at radius 2 is 0.672 bits per heavy atom. The summed E-state index contributed by atoms with van der Waals surface area (Å²) >= 11 is 1.82. The average molecular weight is 759 g/mol. The molecule has 0 saturated carbocycles. The number of benzene rings is 8. The van der Waals surface area contributed by atoms with Crippen molar-refractivity contribution in [1.29, 1.82) is 0 Å². The molecule has 0 bridgehead atoms. The molecule has 5 aromatic heterocycles. The van der Waals surface area contributed by atoms with Crippen LogP contribution >= 0.6 is 11.3 Å². The number of fused-ring (bicyclic) bond motifs is 12. The molecule has 0 aliphatic carbocycles. The Bertz CT molecular complexity index is 3530. The van der Waals surface area contributed by atoms with E-state index in [-0.39, 0.29) is 0 Å². The molecule has 0 saturated heterocycles. The van der Waals surface area contributed by atoms with Crippen molar-refractivity contribution in [3.63, 3.8) is 0 Å². The van der Waals surface area contributed by atoms with E-state index >= 15 is 0 Å². The lowest BCUT2D eigenvalue weighted by atomic mass is 10.0. The monoisotopic (exact) mass is 758 g/mol. The normalized spacial score (nSPS) is 12.1. The molecule has 0 aliphatic heterocycles. The molecule has 0 atom stereocenters. The number of para-hydroxylation sites is 6. The molecular weight excluding hydrogens is 729 g/mol. The van der Waals surface area contributed by atoms with E-state index in [2.05, 4.69) is 196 Å². The van der Waals surface area contributed by atoms with E-state index in [1.165, 1.54) is 30.9 Å². The van der Waals surface area contributed by atoms with Crippen molar-refractivity contribution in [3.05, 3.63) is 182 Å². The van der Waals surface area contributed by atoms with Crippen LogP contribution in [0.5, 0.6) is 0 Å². The van der Waals surface area contributed by atoms with Crippen molar-refractivity contribution in [1.82, 2.24) is 28.7 Å². The Labute approximate surface area is 335 Å². The second-order valence-electron chi connectivity index (χ2n) is 14.8. The van der Waals surface area contributed by atoms with Crippen molar-refractivity contribution in [3.8, 4) is 29.0 Å². The highest BCUT2D eigenvalue weighted by Gasteiger charge is 2.25. The summed E-state index contributed by atoms with van der Waals surface area (Å²) < 4.78 is 9.29. The van der Waals surface area contributed by atoms with Crippen molar-refractivity contribution in [2.45, 2.75) is 0 Å². The fraction of sp³-hybridized carbons (Fsp3) is 0. The van der Waals surface area contributed by atoms with Crippen molar-refractivity contribution >= 4 is 96.9 Å². The number of hydrogen-bond donors (Lipinski definition) is 0. The summed E-state index contributed by atoms with van der Waals surface area (Å²) in [7, 11) is 0. The van der Waals surface area contributed by atoms with Crippen molar-refractivity contribution < 1.29 is 0 Å². The Kier molecular flexibility index (Phi) is 6.50. The van der Waals surface area contributed by atoms with Gasteiger partial charge in [0.1, 0.15) is 0 Å². The molecule has 58 heavy (non-hydrogen) atoms. The lowest BCUT2D eigenvalue weighted by molar-refractivity contribution is 0.892. The maximum Gasteiger partial charge on any atom is 0.240 e. The van der Waals surface area contributed by atoms with E-state index in [9.17, 15) is 0 Å². The minimum absolute atomic E-state index is 0.558. The van der Waals surface area contributed by atoms with Crippen LogP contribution in [0.25, 0.3) is 115 Å². The summed E-state index contributed by atoms with van der Waals surface area (Å²) in [5.41, 5.74) is 8.40. The summed E-state index contributed by atoms with van der Waals surface area (Å²) in [6, 6.07) is 64.7. The van der Waals surface area contributed by atoms with E-state index in [0.29, 0.717) is 17.7 Å². The molecule has 0 unspecified atom stereocenters. The molecule has 8 aromatic carbocycles. The third kappa shape index (κ3) is 4.33. The number of rotatable bonds is 4. The fourth-order valence-electron chi connectivity index (χ4n) is 9.33. The lowest BCUT2D eigenvalue weighted by Crippen LogP contribution is -2.11. The highest BCUT2D eigenvalue weighted by Crippen LogP contribution is 2.45. The van der Waals surface area contributed by atoms with E-state index in [1.807, 2.05) is 11.3 Å². The zero-order valence-corrected chi connectivity index (χ0v) is 31.7. The molecule has 0 amide bonds. The van der Waals surface area contributed by atoms with Crippen LogP contribution in [0, 0.1) is 0 Å². The lowest BCUT2D eigenvalue weighted by Gasteiger charge is -2.17. The molecule has 0 aliphatic rings. The Morgan fingerprint density at radius 3 is 1.10 bits per heavy atom. The van der Waals surface area contributed by atoms with Gasteiger partial charge in [-0.2, -0.15) is 15.0 Å². The van der Waals surface area contributed by atoms with Crippen molar-refractivity contribution in [2.75, 3.05) is 0 Å². The number of aromatic nitrogens is 6. The summed E-state index contributed by atoms with van der Waals surface area (Å²) in [5.74, 6) is 1.71. The van der Waals surface area contributed by atoms with Gasteiger partial charge in [-0.1, -0.05) is 127 Å². The highest BCUT2D eigenvalue weighted by atomic mass is 32.1. The van der Waals surface area contributed by atoms with Gasteiger partial charge in [-0.3, -0.25) is 9.13 Å². The van der Waals surface area contributed by atoms with Crippen LogP contribution in [0.15, 0.2) is 182 Å². The first-order chi connectivity index (χ1) is 28.8. The largest absolute Gasteiger partial charge is 0.308 e. The van der Waals surface area contributed by atoms with Gasteiger partial charge in [0.05, 0.1) is 38.8 Å². The quantitative estimate of drug-likeness (QED) is 0.180. The van der Waals surface area contributed by atoms with E-state index < -0.39 is 0 Å². The molecule has 0 spiro atoms. The average Bonchev–Trinajstić information content (AvgIpc) is 4.02. The summed E-state index contributed by atoms with van der Waals surface area (Å²) in [6.07, 6.45) is 0. The summed E-state index contributed by atoms with van der Waals surface area (Å²) in [4.78, 5) is 16.5. The second kappa shape index (κ2) is 11.9. The zero-order chi connectivity index (χ0) is 37.9. The SMILES string of the molecule is c1ccc2c(c1)sc1ccc(-c3nc(-n4c5ccccc5c5ccccc54)nc(-n4c5ccccc5c5ccccc54)n3)c(-n3c4ccccc4c4ccccc43)c12. The molecule has 270 valence electrons. The smallest absolute Gasteiger partial charge is 0.240 e. The fourth-order valence-corrected chi connectivity index (χ4v) is 10.4. The summed E-state index contributed by atoms with van der Waals surface area (Å²) in [6.45, 7) is 0. The van der Waals surface area contributed by atoms with Crippen LogP contribution in [-0.4, -0.2) is 28.7 Å². The van der Waals surface area contributed by atoms with Crippen LogP contribution in [0.3, 0.4) is 0 Å². The summed E-state index contributed by atoms with van der Waals surface area (Å²) in [5, 5.41) is 9.39. The van der Waals surface area contributed by atoms with E-state index in [1.54, 1.807) is 0 Å². The first-order valence-electron chi connectivity index (χ1n) is 19.5. The maximum atomic E-state index is 5.54. The predicted molar refractivity (Wildman–Crippen MR) is 241 cm³/mol. The van der Waals surface area contributed by atoms with Crippen LogP contribution < -0.4 is 0 Å². The number of thiophene rings is 1. The van der Waals surface area contributed by atoms with Crippen LogP contribution in [0.1, 0.15) is 0 Å². The van der Waals surface area contributed by atoms with Crippen LogP contribution in [-0.2, 0) is 0 Å². The Balaban J connectivity index is 1.22. The molecule has 13 aromatic rings. The maximum absolute atomic E-state index is 5.54. The van der Waals surface area contributed by atoms with Crippen molar-refractivity contribution in [2.24, 2.45) is 0 Å². The topological polar surface area (TPSA) is 53.5 Å². The van der Waals surface area contributed by atoms with Gasteiger partial charge in [0, 0.05) is 58.1 Å². The van der Waals surface area contributed by atoms with E-state index in [0.717, 1.165) is 65.9 Å². The van der Waals surface area contributed by atoms with Gasteiger partial charge in [0.15, 0.2) is 5.82 Å². The van der Waals surface area contributed by atoms with Gasteiger partial charge in [-0.25, -0.2) is 0 Å². The third-order valence-corrected chi connectivity index (χ3v) is 12.9. The minimum Gasteiger partial charge on any atom is -0.308 e. The Hall–Kier alpha value is -7.61. The minimum atomic E-state index is 0.558. The predicted octanol–water partition coefficient (Wildman–Crippen LogP) is 13.2. The van der Waals surface area contributed by atoms with Gasteiger partial charge in [0.25, 0.3) is 0 Å². The molecular formula is C51H30N6S. The molecule has 0 fully saturated rings. The third-order valence-electron chi connectivity index (χ3n) is 11.7. The van der Waals surface area contributed by atoms with E-state index in [4.69, 9.17) is 15.0 Å². The molecule has 0 N–H and O–H groups in total. The van der Waals surface area contributed by atoms with Crippen LogP contribution in [0.4, 0.5) is 0 Å². The zero-order valence-electron chi connectivity index (χ0n) is 30.9. The van der Waals surface area contributed by atoms with Gasteiger partial charge in [0.2, 0.25) is 11.9 Å². The Morgan fingerprint density at radius 1 is 0.310 bits per heavy atom. The second-order valence-corrected chi connectivity index (χ2v) is 15.9. The number of nitrogens with zero attached hydrogens (tertiary/aromatic N) is 6. The molecule has 7 heteroatoms. The van der Waals surface area contributed by atoms with Crippen LogP contribution in [0.2, 0.25) is 0 Å². The molecule has 0 radical (unpaired) electrons. The van der Waals surface area contributed by atoms with Gasteiger partial charge < -0.3 is 4.57 Å². The highest BCUT2D eigenvalue weighted by molar-refractivity contribution is 7.25. The first-order valence-corrected chi connectivity index (χ1v) is 20.3. The van der Waals surface area contributed by atoms with Gasteiger partial charge in [-0.15, -0.1) is 11.3 Å². The molecule has 13 rings (SSSR count). The van der Waals surface area contributed by atoms with Gasteiger partial charge >= 0.3 is 0 Å². The number of hydrogen-bond acceptors (Lipinski definition) is 4. The molecule has 6 nitrogen and oxygen atoms in total. The first kappa shape index (κ1) is 31.6. The standard InChI is InChI=1S/C51H30N6S/c1-8-22-39-31(15-1)32-16-2-9-23-40(32)55(39)48-38(29-30-46-47(48)37-21-7-14-28-45(37)58-46)49-52-50(56-41-24-10-3-17-33(41)34-18-4-11-25-42(34)56)54-51(53-49)57-43-26-12-5-19-35(43)36-20-6-13-27-44(36)57/h1-30H. The van der Waals surface area contributed by atoms with Gasteiger partial charge in [-0.05, 0) is 54.6 Å². The molecule has 5 heterocycles.